The van der Waals surface area contributed by atoms with Crippen LogP contribution in [0.15, 0.2) is 29.2 Å². The Bertz CT molecular complexity index is 853. The van der Waals surface area contributed by atoms with Gasteiger partial charge in [-0.2, -0.15) is 9.57 Å². The van der Waals surface area contributed by atoms with E-state index in [9.17, 15) is 18.0 Å². The molecule has 0 radical (unpaired) electrons. The van der Waals surface area contributed by atoms with Gasteiger partial charge in [0.15, 0.2) is 0 Å². The number of piperazine rings is 1. The average molecular weight is 362 g/mol. The number of amides is 2. The van der Waals surface area contributed by atoms with Crippen LogP contribution in [0.3, 0.4) is 0 Å². The summed E-state index contributed by atoms with van der Waals surface area (Å²) in [5, 5.41) is 9.13. The number of nitrogens with zero attached hydrogens (tertiary/aromatic N) is 4. The Labute approximate surface area is 146 Å². The number of carbonyl (C=O) groups is 2. The molecule has 0 N–H and O–H groups in total. The summed E-state index contributed by atoms with van der Waals surface area (Å²) in [6.45, 7) is 1.16. The van der Waals surface area contributed by atoms with Crippen molar-refractivity contribution in [2.24, 2.45) is 0 Å². The third-order valence-electron chi connectivity index (χ3n) is 4.70. The summed E-state index contributed by atoms with van der Waals surface area (Å²) in [5.74, 6) is -0.455. The van der Waals surface area contributed by atoms with E-state index in [1.165, 1.54) is 23.5 Å². The van der Waals surface area contributed by atoms with Crippen molar-refractivity contribution < 1.29 is 18.0 Å². The lowest BCUT2D eigenvalue weighted by molar-refractivity contribution is -0.138. The number of imide groups is 1. The summed E-state index contributed by atoms with van der Waals surface area (Å²) >= 11 is 0. The average Bonchev–Trinajstić information content (AvgIpc) is 2.89. The minimum atomic E-state index is -3.76. The zero-order valence-electron chi connectivity index (χ0n) is 13.8. The predicted octanol–water partition coefficient (Wildman–Crippen LogP) is -0.378. The van der Waals surface area contributed by atoms with E-state index in [0.717, 1.165) is 4.90 Å². The molecular formula is C16H18N4O4S. The van der Waals surface area contributed by atoms with Crippen LogP contribution in [-0.4, -0.2) is 73.6 Å². The third-order valence-corrected chi connectivity index (χ3v) is 6.65. The molecule has 2 amide bonds. The van der Waals surface area contributed by atoms with E-state index >= 15 is 0 Å². The smallest absolute Gasteiger partial charge is 0.246 e. The standard InChI is InChI=1S/C16H18N4O4S/c1-18-15(21)10-13(16(18)22)19-6-8-20(9-7-19)25(23,24)14-5-3-2-4-12(14)11-17/h2-5,13H,6-10H2,1H3. The first-order chi connectivity index (χ1) is 11.9. The summed E-state index contributed by atoms with van der Waals surface area (Å²) in [7, 11) is -2.30. The van der Waals surface area contributed by atoms with Crippen LogP contribution in [0, 0.1) is 11.3 Å². The Morgan fingerprint density at radius 3 is 2.32 bits per heavy atom. The molecule has 25 heavy (non-hydrogen) atoms. The van der Waals surface area contributed by atoms with E-state index < -0.39 is 16.1 Å². The molecule has 0 aliphatic carbocycles. The van der Waals surface area contributed by atoms with E-state index in [-0.39, 0.29) is 41.8 Å². The molecule has 0 saturated carbocycles. The highest BCUT2D eigenvalue weighted by Crippen LogP contribution is 2.23. The van der Waals surface area contributed by atoms with Crippen molar-refractivity contribution in [2.45, 2.75) is 17.4 Å². The normalized spacial score (nSPS) is 23.0. The van der Waals surface area contributed by atoms with Gasteiger partial charge in [0.1, 0.15) is 6.07 Å². The van der Waals surface area contributed by atoms with Crippen molar-refractivity contribution in [2.75, 3.05) is 33.2 Å². The zero-order valence-corrected chi connectivity index (χ0v) is 14.6. The molecule has 1 aromatic carbocycles. The highest BCUT2D eigenvalue weighted by molar-refractivity contribution is 7.89. The minimum Gasteiger partial charge on any atom is -0.289 e. The van der Waals surface area contributed by atoms with Crippen LogP contribution in [0.1, 0.15) is 12.0 Å². The molecule has 8 nitrogen and oxygen atoms in total. The maximum atomic E-state index is 12.8. The fourth-order valence-electron chi connectivity index (χ4n) is 3.20. The van der Waals surface area contributed by atoms with Gasteiger partial charge in [-0.3, -0.25) is 19.4 Å². The van der Waals surface area contributed by atoms with E-state index in [2.05, 4.69) is 0 Å². The molecule has 9 heteroatoms. The number of carbonyl (C=O) groups excluding carboxylic acids is 2. The monoisotopic (exact) mass is 362 g/mol. The van der Waals surface area contributed by atoms with Crippen LogP contribution in [-0.2, 0) is 19.6 Å². The van der Waals surface area contributed by atoms with Gasteiger partial charge in [-0.1, -0.05) is 12.1 Å². The van der Waals surface area contributed by atoms with Gasteiger partial charge in [0.2, 0.25) is 21.8 Å². The first kappa shape index (κ1) is 17.5. The Morgan fingerprint density at radius 1 is 1.12 bits per heavy atom. The summed E-state index contributed by atoms with van der Waals surface area (Å²) in [4.78, 5) is 26.7. The summed E-state index contributed by atoms with van der Waals surface area (Å²) in [6.07, 6.45) is 0.138. The van der Waals surface area contributed by atoms with Crippen LogP contribution in [0.2, 0.25) is 0 Å². The zero-order chi connectivity index (χ0) is 18.2. The second-order valence-electron chi connectivity index (χ2n) is 6.06. The van der Waals surface area contributed by atoms with Crippen LogP contribution in [0.4, 0.5) is 0 Å². The molecular weight excluding hydrogens is 344 g/mol. The number of rotatable bonds is 3. The molecule has 2 heterocycles. The maximum Gasteiger partial charge on any atom is 0.246 e. The quantitative estimate of drug-likeness (QED) is 0.680. The van der Waals surface area contributed by atoms with Crippen LogP contribution in [0.25, 0.3) is 0 Å². The van der Waals surface area contributed by atoms with Gasteiger partial charge >= 0.3 is 0 Å². The summed E-state index contributed by atoms with van der Waals surface area (Å²) in [6, 6.07) is 7.50. The Balaban J connectivity index is 1.73. The van der Waals surface area contributed by atoms with Gasteiger partial charge in [0.05, 0.1) is 22.9 Å². The number of hydrogen-bond donors (Lipinski definition) is 0. The van der Waals surface area contributed by atoms with Crippen LogP contribution in [0.5, 0.6) is 0 Å². The third kappa shape index (κ3) is 3.04. The van der Waals surface area contributed by atoms with Crippen molar-refractivity contribution in [1.82, 2.24) is 14.1 Å². The SMILES string of the molecule is CN1C(=O)CC(N2CCN(S(=O)(=O)c3ccccc3C#N)CC2)C1=O. The molecule has 0 aromatic heterocycles. The van der Waals surface area contributed by atoms with Gasteiger partial charge in [-0.15, -0.1) is 0 Å². The highest BCUT2D eigenvalue weighted by Gasteiger charge is 2.41. The predicted molar refractivity (Wildman–Crippen MR) is 87.7 cm³/mol. The second kappa shape index (κ2) is 6.55. The second-order valence-corrected chi connectivity index (χ2v) is 7.97. The van der Waals surface area contributed by atoms with Gasteiger partial charge in [-0.25, -0.2) is 8.42 Å². The number of benzene rings is 1. The largest absolute Gasteiger partial charge is 0.289 e. The molecule has 2 aliphatic heterocycles. The molecule has 0 spiro atoms. The number of nitriles is 1. The van der Waals surface area contributed by atoms with Gasteiger partial charge < -0.3 is 0 Å². The fraction of sp³-hybridized carbons (Fsp3) is 0.438. The van der Waals surface area contributed by atoms with E-state index in [1.54, 1.807) is 12.1 Å². The first-order valence-electron chi connectivity index (χ1n) is 7.90. The Kier molecular flexibility index (Phi) is 4.60. The van der Waals surface area contributed by atoms with Crippen molar-refractivity contribution in [3.63, 3.8) is 0 Å². The highest BCUT2D eigenvalue weighted by atomic mass is 32.2. The van der Waals surface area contributed by atoms with Crippen LogP contribution >= 0.6 is 0 Å². The van der Waals surface area contributed by atoms with Gasteiger partial charge in [-0.05, 0) is 12.1 Å². The van der Waals surface area contributed by atoms with Crippen molar-refractivity contribution in [1.29, 1.82) is 5.26 Å². The topological polar surface area (TPSA) is 102 Å². The summed E-state index contributed by atoms with van der Waals surface area (Å²) < 4.78 is 26.9. The molecule has 2 saturated heterocycles. The van der Waals surface area contributed by atoms with Crippen molar-refractivity contribution in [3.8, 4) is 6.07 Å². The number of hydrogen-bond acceptors (Lipinski definition) is 6. The molecule has 2 fully saturated rings. The Hall–Kier alpha value is -2.28. The number of likely N-dealkylation sites (N-methyl/N-ethyl adjacent to an activating group) is 1. The summed E-state index contributed by atoms with van der Waals surface area (Å²) in [5.41, 5.74) is 0.114. The number of sulfonamides is 1. The first-order valence-corrected chi connectivity index (χ1v) is 9.34. The molecule has 0 bridgehead atoms. The van der Waals surface area contributed by atoms with Crippen LogP contribution < -0.4 is 0 Å². The lowest BCUT2D eigenvalue weighted by Gasteiger charge is -2.36. The molecule has 3 rings (SSSR count). The molecule has 2 aliphatic rings. The van der Waals surface area contributed by atoms with Crippen molar-refractivity contribution >= 4 is 21.8 Å². The Morgan fingerprint density at radius 2 is 1.76 bits per heavy atom. The molecule has 132 valence electrons. The van der Waals surface area contributed by atoms with Gasteiger partial charge in [0.25, 0.3) is 0 Å². The molecule has 1 aromatic rings. The minimum absolute atomic E-state index is 0.00203. The van der Waals surface area contributed by atoms with E-state index in [4.69, 9.17) is 5.26 Å². The number of likely N-dealkylation sites (tertiary alicyclic amines) is 1. The molecule has 1 atom stereocenters. The molecule has 1 unspecified atom stereocenters. The fourth-order valence-corrected chi connectivity index (χ4v) is 4.76. The lowest BCUT2D eigenvalue weighted by atomic mass is 10.2. The maximum absolute atomic E-state index is 12.8. The van der Waals surface area contributed by atoms with E-state index in [1.807, 2.05) is 11.0 Å². The van der Waals surface area contributed by atoms with Gasteiger partial charge in [0, 0.05) is 33.2 Å². The van der Waals surface area contributed by atoms with E-state index in [0.29, 0.717) is 13.1 Å². The lowest BCUT2D eigenvalue weighted by Crippen LogP contribution is -2.53. The van der Waals surface area contributed by atoms with Crippen molar-refractivity contribution in [3.05, 3.63) is 29.8 Å².